The Morgan fingerprint density at radius 1 is 1.13 bits per heavy atom. The Labute approximate surface area is 130 Å². The maximum absolute atomic E-state index is 12.4. The quantitative estimate of drug-likeness (QED) is 0.654. The molecule has 0 aromatic heterocycles. The van der Waals surface area contributed by atoms with E-state index < -0.39 is 33.6 Å². The Hall–Kier alpha value is -3.42. The van der Waals surface area contributed by atoms with Gasteiger partial charge in [-0.3, -0.25) is 14.9 Å². The molecule has 1 N–H and O–H groups in total. The first-order chi connectivity index (χ1) is 11.0. The number of nitrogens with zero attached hydrogens (tertiary/aromatic N) is 1. The summed E-state index contributed by atoms with van der Waals surface area (Å²) in [6.45, 7) is 0. The van der Waals surface area contributed by atoms with Gasteiger partial charge in [0, 0.05) is 11.6 Å². The van der Waals surface area contributed by atoms with E-state index in [4.69, 9.17) is 4.74 Å². The second kappa shape index (κ2) is 6.56. The Morgan fingerprint density at radius 3 is 2.43 bits per heavy atom. The van der Waals surface area contributed by atoms with Gasteiger partial charge in [0.1, 0.15) is 11.3 Å². The maximum atomic E-state index is 12.4. The van der Waals surface area contributed by atoms with Crippen LogP contribution >= 0.6 is 0 Å². The molecule has 2 rings (SSSR count). The molecule has 0 aliphatic heterocycles. The summed E-state index contributed by atoms with van der Waals surface area (Å²) >= 11 is 0. The highest BCUT2D eigenvalue weighted by Crippen LogP contribution is 2.27. The first-order valence-corrected chi connectivity index (χ1v) is 6.38. The van der Waals surface area contributed by atoms with Crippen LogP contribution in [0, 0.1) is 10.1 Å². The summed E-state index contributed by atoms with van der Waals surface area (Å²) in [6.07, 6.45) is 0. The van der Waals surface area contributed by atoms with E-state index in [1.807, 2.05) is 0 Å². The van der Waals surface area contributed by atoms with Crippen LogP contribution in [0.4, 0.5) is 11.4 Å². The number of carbonyl (C=O) groups excluding carboxylic acids is 2. The summed E-state index contributed by atoms with van der Waals surface area (Å²) in [4.78, 5) is 33.7. The van der Waals surface area contributed by atoms with E-state index >= 15 is 0 Å². The Morgan fingerprint density at radius 2 is 1.83 bits per heavy atom. The average Bonchev–Trinajstić information content (AvgIpc) is 2.54. The van der Waals surface area contributed by atoms with Gasteiger partial charge in [-0.05, 0) is 12.1 Å². The molecule has 0 unspecified atom stereocenters. The lowest BCUT2D eigenvalue weighted by Crippen LogP contribution is -2.27. The minimum Gasteiger partial charge on any atom is -0.545 e. The lowest BCUT2D eigenvalue weighted by Gasteiger charge is -2.13. The zero-order chi connectivity index (χ0) is 17.0. The van der Waals surface area contributed by atoms with E-state index in [-0.39, 0.29) is 5.69 Å². The zero-order valence-corrected chi connectivity index (χ0v) is 11.9. The average molecular weight is 315 g/mol. The molecule has 118 valence electrons. The molecular weight excluding hydrogens is 304 g/mol. The number of carboxylic acids is 1. The Kier molecular flexibility index (Phi) is 4.55. The molecule has 23 heavy (non-hydrogen) atoms. The highest BCUT2D eigenvalue weighted by molar-refractivity contribution is 6.13. The number of ether oxygens (including phenoxy) is 1. The predicted octanol–water partition coefficient (Wildman–Crippen LogP) is 1.22. The summed E-state index contributed by atoms with van der Waals surface area (Å²) < 4.78 is 5.06. The molecule has 0 radical (unpaired) electrons. The minimum atomic E-state index is -1.68. The standard InChI is InChI=1S/C15H12N2O6/c1-23-12-8-3-2-6-10(12)16-14(18)13-9(15(19)20)5-4-7-11(13)17(21)22/h2-8H,1H3,(H,16,18)(H,19,20)/p-1. The topological polar surface area (TPSA) is 122 Å². The van der Waals surface area contributed by atoms with Crippen molar-refractivity contribution in [2.24, 2.45) is 0 Å². The van der Waals surface area contributed by atoms with Crippen molar-refractivity contribution >= 4 is 23.3 Å². The van der Waals surface area contributed by atoms with Crippen LogP contribution in [0.25, 0.3) is 0 Å². The molecule has 0 saturated heterocycles. The van der Waals surface area contributed by atoms with Crippen molar-refractivity contribution in [2.75, 3.05) is 12.4 Å². The van der Waals surface area contributed by atoms with Gasteiger partial charge in [0.05, 0.1) is 23.7 Å². The number of rotatable bonds is 5. The third kappa shape index (κ3) is 3.26. The van der Waals surface area contributed by atoms with E-state index in [0.29, 0.717) is 5.75 Å². The highest BCUT2D eigenvalue weighted by Gasteiger charge is 2.25. The fourth-order valence-corrected chi connectivity index (χ4v) is 2.03. The van der Waals surface area contributed by atoms with Gasteiger partial charge in [-0.1, -0.05) is 24.3 Å². The van der Waals surface area contributed by atoms with Crippen molar-refractivity contribution in [3.8, 4) is 5.75 Å². The molecule has 0 aliphatic rings. The number of nitro benzene ring substituents is 1. The first kappa shape index (κ1) is 16.0. The maximum Gasteiger partial charge on any atom is 0.282 e. The van der Waals surface area contributed by atoms with E-state index in [9.17, 15) is 24.8 Å². The van der Waals surface area contributed by atoms with Gasteiger partial charge in [-0.15, -0.1) is 0 Å². The molecule has 0 fully saturated rings. The molecule has 0 atom stereocenters. The lowest BCUT2D eigenvalue weighted by atomic mass is 10.0. The molecular formula is C15H11N2O6-. The van der Waals surface area contributed by atoms with E-state index in [1.165, 1.54) is 19.2 Å². The Bertz CT molecular complexity index is 755. The van der Waals surface area contributed by atoms with Crippen molar-refractivity contribution in [2.45, 2.75) is 0 Å². The van der Waals surface area contributed by atoms with E-state index in [0.717, 1.165) is 12.1 Å². The van der Waals surface area contributed by atoms with Crippen LogP contribution in [0.2, 0.25) is 0 Å². The third-order valence-electron chi connectivity index (χ3n) is 3.04. The van der Waals surface area contributed by atoms with E-state index in [1.54, 1.807) is 18.2 Å². The monoisotopic (exact) mass is 315 g/mol. The number of methoxy groups -OCH3 is 1. The normalized spacial score (nSPS) is 9.96. The molecule has 0 saturated carbocycles. The molecule has 0 spiro atoms. The van der Waals surface area contributed by atoms with Crippen molar-refractivity contribution in [3.05, 3.63) is 63.7 Å². The number of carboxylic acid groups (broad SMARTS) is 1. The van der Waals surface area contributed by atoms with Gasteiger partial charge in [0.15, 0.2) is 0 Å². The lowest BCUT2D eigenvalue weighted by molar-refractivity contribution is -0.385. The number of aromatic carboxylic acids is 1. The van der Waals surface area contributed by atoms with Crippen LogP contribution in [0.5, 0.6) is 5.75 Å². The number of carbonyl (C=O) groups is 2. The minimum absolute atomic E-state index is 0.252. The fraction of sp³-hybridized carbons (Fsp3) is 0.0667. The molecule has 0 heterocycles. The summed E-state index contributed by atoms with van der Waals surface area (Å²) in [5.74, 6) is -2.30. The zero-order valence-electron chi connectivity index (χ0n) is 11.9. The molecule has 8 heteroatoms. The molecule has 2 aromatic carbocycles. The second-order valence-electron chi connectivity index (χ2n) is 4.40. The Balaban J connectivity index is 2.50. The second-order valence-corrected chi connectivity index (χ2v) is 4.40. The van der Waals surface area contributed by atoms with Crippen molar-refractivity contribution in [1.29, 1.82) is 0 Å². The van der Waals surface area contributed by atoms with Gasteiger partial charge in [-0.25, -0.2) is 0 Å². The summed E-state index contributed by atoms with van der Waals surface area (Å²) in [6, 6.07) is 9.67. The number of amides is 1. The number of para-hydroxylation sites is 2. The number of benzene rings is 2. The molecule has 0 bridgehead atoms. The number of nitro groups is 1. The van der Waals surface area contributed by atoms with Crippen molar-refractivity contribution in [1.82, 2.24) is 0 Å². The van der Waals surface area contributed by atoms with Crippen LogP contribution in [0.15, 0.2) is 42.5 Å². The predicted molar refractivity (Wildman–Crippen MR) is 78.4 cm³/mol. The number of hydrogen-bond donors (Lipinski definition) is 1. The summed E-state index contributed by atoms with van der Waals surface area (Å²) in [5, 5.41) is 24.6. The van der Waals surface area contributed by atoms with Gasteiger partial charge >= 0.3 is 0 Å². The molecule has 0 aliphatic carbocycles. The fourth-order valence-electron chi connectivity index (χ4n) is 2.03. The first-order valence-electron chi connectivity index (χ1n) is 6.38. The van der Waals surface area contributed by atoms with Gasteiger partial charge in [-0.2, -0.15) is 0 Å². The van der Waals surface area contributed by atoms with E-state index in [2.05, 4.69) is 5.32 Å². The van der Waals surface area contributed by atoms with Crippen LogP contribution < -0.4 is 15.2 Å². The largest absolute Gasteiger partial charge is 0.545 e. The smallest absolute Gasteiger partial charge is 0.282 e. The van der Waals surface area contributed by atoms with Gasteiger partial charge in [0.2, 0.25) is 0 Å². The van der Waals surface area contributed by atoms with Crippen LogP contribution in [0.3, 0.4) is 0 Å². The van der Waals surface area contributed by atoms with Gasteiger partial charge < -0.3 is 20.0 Å². The van der Waals surface area contributed by atoms with Gasteiger partial charge in [0.25, 0.3) is 11.6 Å². The molecule has 2 aromatic rings. The molecule has 1 amide bonds. The highest BCUT2D eigenvalue weighted by atomic mass is 16.6. The van der Waals surface area contributed by atoms with Crippen molar-refractivity contribution in [3.63, 3.8) is 0 Å². The van der Waals surface area contributed by atoms with Crippen LogP contribution in [0.1, 0.15) is 20.7 Å². The van der Waals surface area contributed by atoms with Crippen molar-refractivity contribution < 1.29 is 24.4 Å². The third-order valence-corrected chi connectivity index (χ3v) is 3.04. The van der Waals surface area contributed by atoms with Crippen LogP contribution in [-0.2, 0) is 0 Å². The summed E-state index contributed by atoms with van der Waals surface area (Å²) in [7, 11) is 1.39. The SMILES string of the molecule is COc1ccccc1NC(=O)c1c(C(=O)[O-])cccc1[N+](=O)[O-]. The number of hydrogen-bond acceptors (Lipinski definition) is 6. The summed E-state index contributed by atoms with van der Waals surface area (Å²) in [5.41, 5.74) is -1.52. The molecule has 8 nitrogen and oxygen atoms in total. The number of nitrogens with one attached hydrogen (secondary N) is 1. The van der Waals surface area contributed by atoms with Crippen LogP contribution in [-0.4, -0.2) is 23.9 Å². The number of anilines is 1.